The molecule has 0 aliphatic carbocycles. The highest BCUT2D eigenvalue weighted by atomic mass is 32.2. The van der Waals surface area contributed by atoms with Crippen LogP contribution in [-0.2, 0) is 21.1 Å². The van der Waals surface area contributed by atoms with Crippen LogP contribution in [0.25, 0.3) is 0 Å². The predicted octanol–water partition coefficient (Wildman–Crippen LogP) is 3.51. The summed E-state index contributed by atoms with van der Waals surface area (Å²) in [6.45, 7) is 11.4. The molecular formula is C25H36N6O4S. The minimum atomic E-state index is -3.26. The largest absolute Gasteiger partial charge is 0.444 e. The molecular weight excluding hydrogens is 480 g/mol. The van der Waals surface area contributed by atoms with E-state index in [4.69, 9.17) is 4.74 Å². The molecule has 2 aromatic rings. The van der Waals surface area contributed by atoms with Gasteiger partial charge in [-0.1, -0.05) is 0 Å². The van der Waals surface area contributed by atoms with Gasteiger partial charge in [0.25, 0.3) is 0 Å². The van der Waals surface area contributed by atoms with Crippen LogP contribution in [0.3, 0.4) is 0 Å². The van der Waals surface area contributed by atoms with E-state index in [0.717, 1.165) is 48.8 Å². The Morgan fingerprint density at radius 1 is 1.17 bits per heavy atom. The quantitative estimate of drug-likeness (QED) is 0.617. The number of fused-ring (bicyclic) bond motifs is 1. The van der Waals surface area contributed by atoms with Gasteiger partial charge in [0.1, 0.15) is 17.7 Å². The fraction of sp³-hybridized carbons (Fsp3) is 0.560. The summed E-state index contributed by atoms with van der Waals surface area (Å²) in [6.07, 6.45) is 4.37. The summed E-state index contributed by atoms with van der Waals surface area (Å²) in [5.74, 6) is 2.12. The van der Waals surface area contributed by atoms with E-state index in [1.807, 2.05) is 25.8 Å². The number of carbonyl (C=O) groups excluding carboxylic acids is 1. The van der Waals surface area contributed by atoms with E-state index in [1.165, 1.54) is 6.26 Å². The summed E-state index contributed by atoms with van der Waals surface area (Å²) in [5.41, 5.74) is 4.69. The number of hydrogen-bond acceptors (Lipinski definition) is 9. The second-order valence-electron chi connectivity index (χ2n) is 10.4. The maximum absolute atomic E-state index is 12.4. The van der Waals surface area contributed by atoms with Crippen LogP contribution in [-0.4, -0.2) is 67.4 Å². The van der Waals surface area contributed by atoms with Crippen LogP contribution < -0.4 is 15.3 Å². The zero-order chi connectivity index (χ0) is 26.1. The lowest BCUT2D eigenvalue weighted by Gasteiger charge is -2.36. The first kappa shape index (κ1) is 26.2. The van der Waals surface area contributed by atoms with Gasteiger partial charge in [0, 0.05) is 39.0 Å². The second-order valence-corrected chi connectivity index (χ2v) is 12.4. The molecule has 0 atom stereocenters. The Labute approximate surface area is 213 Å². The summed E-state index contributed by atoms with van der Waals surface area (Å²) < 4.78 is 29.1. The van der Waals surface area contributed by atoms with Gasteiger partial charge >= 0.3 is 6.09 Å². The van der Waals surface area contributed by atoms with Crippen molar-refractivity contribution in [3.8, 4) is 0 Å². The molecule has 11 heteroatoms. The molecule has 1 aromatic heterocycles. The molecule has 1 aromatic carbocycles. The number of amides is 1. The number of nitrogens with one attached hydrogen (secondary N) is 1. The number of benzene rings is 1. The molecule has 2 aliphatic heterocycles. The fourth-order valence-electron chi connectivity index (χ4n) is 4.61. The fourth-order valence-corrected chi connectivity index (χ4v) is 5.24. The van der Waals surface area contributed by atoms with Crippen molar-refractivity contribution in [2.45, 2.75) is 57.6 Å². The number of ether oxygens (including phenoxy) is 1. The highest BCUT2D eigenvalue weighted by Crippen LogP contribution is 2.35. The van der Waals surface area contributed by atoms with Gasteiger partial charge in [0.05, 0.1) is 16.1 Å². The van der Waals surface area contributed by atoms with E-state index in [1.54, 1.807) is 35.5 Å². The number of nitrogens with zero attached hydrogens (tertiary/aromatic N) is 5. The molecule has 1 fully saturated rings. The first-order chi connectivity index (χ1) is 17.0. The molecule has 0 unspecified atom stereocenters. The van der Waals surface area contributed by atoms with Gasteiger partial charge in [-0.3, -0.25) is 5.01 Å². The lowest BCUT2D eigenvalue weighted by molar-refractivity contribution is 0.0186. The Bertz CT molecular complexity index is 1190. The van der Waals surface area contributed by atoms with Crippen LogP contribution in [0.2, 0.25) is 0 Å². The minimum absolute atomic E-state index is 0.238. The third kappa shape index (κ3) is 5.89. The summed E-state index contributed by atoms with van der Waals surface area (Å²) in [5, 5.41) is 1.87. The highest BCUT2D eigenvalue weighted by molar-refractivity contribution is 7.90. The summed E-state index contributed by atoms with van der Waals surface area (Å²) in [7, 11) is -3.26. The molecule has 1 N–H and O–H groups in total. The molecule has 10 nitrogen and oxygen atoms in total. The highest BCUT2D eigenvalue weighted by Gasteiger charge is 2.31. The molecule has 0 spiro atoms. The molecule has 1 saturated heterocycles. The van der Waals surface area contributed by atoms with Gasteiger partial charge in [-0.15, -0.1) is 0 Å². The third-order valence-corrected chi connectivity index (χ3v) is 7.60. The van der Waals surface area contributed by atoms with E-state index in [0.29, 0.717) is 25.6 Å². The molecule has 196 valence electrons. The number of hydrazine groups is 1. The van der Waals surface area contributed by atoms with Crippen molar-refractivity contribution in [3.05, 3.63) is 36.2 Å². The maximum atomic E-state index is 12.4. The Balaban J connectivity index is 1.44. The number of carbonyl (C=O) groups is 1. The second kappa shape index (κ2) is 10.2. The van der Waals surface area contributed by atoms with Gasteiger partial charge in [0.15, 0.2) is 15.7 Å². The van der Waals surface area contributed by atoms with Crippen molar-refractivity contribution in [2.24, 2.45) is 5.92 Å². The van der Waals surface area contributed by atoms with Crippen molar-refractivity contribution in [1.29, 1.82) is 0 Å². The van der Waals surface area contributed by atoms with E-state index in [2.05, 4.69) is 27.2 Å². The third-order valence-electron chi connectivity index (χ3n) is 6.47. The van der Waals surface area contributed by atoms with Crippen LogP contribution in [0.5, 0.6) is 0 Å². The minimum Gasteiger partial charge on any atom is -0.444 e. The Morgan fingerprint density at radius 3 is 2.42 bits per heavy atom. The van der Waals surface area contributed by atoms with Crippen LogP contribution in [0.1, 0.15) is 46.1 Å². The zero-order valence-corrected chi connectivity index (χ0v) is 22.5. The van der Waals surface area contributed by atoms with Crippen LogP contribution in [0.15, 0.2) is 35.5 Å². The number of piperidine rings is 1. The average Bonchev–Trinajstić information content (AvgIpc) is 3.26. The smallest absolute Gasteiger partial charge is 0.410 e. The van der Waals surface area contributed by atoms with Gasteiger partial charge in [-0.25, -0.2) is 28.6 Å². The zero-order valence-electron chi connectivity index (χ0n) is 21.7. The van der Waals surface area contributed by atoms with E-state index in [9.17, 15) is 13.2 Å². The van der Waals surface area contributed by atoms with Crippen molar-refractivity contribution >= 4 is 33.3 Å². The number of aromatic nitrogens is 2. The Hall–Kier alpha value is -2.92. The SMILES string of the molecule is CCN(CC1CCN(C(=O)OC(C)(C)C)CC1)c1ncnc2c1CNN2c1ccc(S(C)(=O)=O)cc1. The van der Waals surface area contributed by atoms with Crippen LogP contribution >= 0.6 is 0 Å². The average molecular weight is 517 g/mol. The predicted molar refractivity (Wildman–Crippen MR) is 139 cm³/mol. The maximum Gasteiger partial charge on any atom is 0.410 e. The monoisotopic (exact) mass is 516 g/mol. The van der Waals surface area contributed by atoms with Gasteiger partial charge < -0.3 is 14.5 Å². The molecule has 1 amide bonds. The van der Waals surface area contributed by atoms with Crippen molar-refractivity contribution in [3.63, 3.8) is 0 Å². The summed E-state index contributed by atoms with van der Waals surface area (Å²) in [6, 6.07) is 6.76. The summed E-state index contributed by atoms with van der Waals surface area (Å²) >= 11 is 0. The molecule has 0 bridgehead atoms. The Kier molecular flexibility index (Phi) is 7.42. The molecule has 0 saturated carbocycles. The van der Waals surface area contributed by atoms with Crippen molar-refractivity contribution in [2.75, 3.05) is 42.3 Å². The number of likely N-dealkylation sites (tertiary alicyclic amines) is 1. The first-order valence-electron chi connectivity index (χ1n) is 12.4. The topological polar surface area (TPSA) is 108 Å². The normalized spacial score (nSPS) is 16.7. The number of anilines is 3. The number of hydrogen-bond donors (Lipinski definition) is 1. The van der Waals surface area contributed by atoms with Crippen LogP contribution in [0.4, 0.5) is 22.1 Å². The summed E-state index contributed by atoms with van der Waals surface area (Å²) in [4.78, 5) is 25.9. The van der Waals surface area contributed by atoms with Gasteiger partial charge in [-0.2, -0.15) is 0 Å². The lowest BCUT2D eigenvalue weighted by Crippen LogP contribution is -2.44. The number of rotatable bonds is 6. The first-order valence-corrected chi connectivity index (χ1v) is 14.3. The van der Waals surface area contributed by atoms with Gasteiger partial charge in [-0.05, 0) is 70.7 Å². The number of sulfone groups is 1. The Morgan fingerprint density at radius 2 is 1.83 bits per heavy atom. The molecule has 2 aliphatic rings. The molecule has 4 rings (SSSR count). The van der Waals surface area contributed by atoms with E-state index in [-0.39, 0.29) is 11.0 Å². The van der Waals surface area contributed by atoms with E-state index < -0.39 is 15.4 Å². The van der Waals surface area contributed by atoms with Crippen molar-refractivity contribution in [1.82, 2.24) is 20.3 Å². The van der Waals surface area contributed by atoms with E-state index >= 15 is 0 Å². The van der Waals surface area contributed by atoms with Crippen molar-refractivity contribution < 1.29 is 17.9 Å². The molecule has 36 heavy (non-hydrogen) atoms. The molecule has 0 radical (unpaired) electrons. The van der Waals surface area contributed by atoms with Gasteiger partial charge in [0.2, 0.25) is 0 Å². The van der Waals surface area contributed by atoms with Crippen LogP contribution in [0, 0.1) is 5.92 Å². The lowest BCUT2D eigenvalue weighted by atomic mass is 9.96. The molecule has 3 heterocycles. The standard InChI is InChI=1S/C25H36N6O4S/c1-6-29(16-18-11-13-30(14-12-18)24(32)35-25(2,3)4)22-21-15-28-31(23(21)27-17-26-22)19-7-9-20(10-8-19)36(5,33)34/h7-10,17-18,28H,6,11-16H2,1-5H3.